The van der Waals surface area contributed by atoms with Crippen LogP contribution in [0.3, 0.4) is 0 Å². The number of hydrogen-bond donors (Lipinski definition) is 0. The molecule has 1 aromatic rings. The first kappa shape index (κ1) is 8.75. The normalized spacial score (nSPS) is 8.22. The summed E-state index contributed by atoms with van der Waals surface area (Å²) < 4.78 is 0. The van der Waals surface area contributed by atoms with Crippen LogP contribution in [0.1, 0.15) is 12.7 Å². The predicted molar refractivity (Wildman–Crippen MR) is 34.8 cm³/mol. The smallest absolute Gasteiger partial charge is 1.00 e. The Bertz CT molecular complexity index is 170. The molecule has 0 spiro atoms. The van der Waals surface area contributed by atoms with Crippen LogP contribution >= 0.6 is 0 Å². The summed E-state index contributed by atoms with van der Waals surface area (Å²) in [5.41, 5.74) is 2.38. The second-order valence-electron chi connectivity index (χ2n) is 1.91. The number of aromatic nitrogens is 1. The molecule has 2 heteroatoms. The Kier molecular flexibility index (Phi) is 3.61. The van der Waals surface area contributed by atoms with Gasteiger partial charge < -0.3 is 1.43 Å². The quantitative estimate of drug-likeness (QED) is 0.388. The van der Waals surface area contributed by atoms with E-state index in [1.165, 1.54) is 5.56 Å². The van der Waals surface area contributed by atoms with E-state index in [9.17, 15) is 0 Å². The van der Waals surface area contributed by atoms with Crippen molar-refractivity contribution in [2.45, 2.75) is 13.8 Å². The molecular formula is C7H10LiN. The minimum Gasteiger partial charge on any atom is -1.00 e. The van der Waals surface area contributed by atoms with E-state index in [1.54, 1.807) is 0 Å². The Morgan fingerprint density at radius 2 is 2.11 bits per heavy atom. The van der Waals surface area contributed by atoms with Crippen LogP contribution in [-0.4, -0.2) is 4.98 Å². The van der Waals surface area contributed by atoms with Gasteiger partial charge in [0.05, 0.1) is 0 Å². The Balaban J connectivity index is 0. The van der Waals surface area contributed by atoms with Crippen LogP contribution in [0.5, 0.6) is 0 Å². The van der Waals surface area contributed by atoms with Gasteiger partial charge >= 0.3 is 18.9 Å². The summed E-state index contributed by atoms with van der Waals surface area (Å²) in [5.74, 6) is 0. The topological polar surface area (TPSA) is 12.9 Å². The van der Waals surface area contributed by atoms with E-state index in [0.29, 0.717) is 0 Å². The van der Waals surface area contributed by atoms with Crippen molar-refractivity contribution in [1.82, 2.24) is 4.98 Å². The number of rotatable bonds is 0. The fourth-order valence-electron chi connectivity index (χ4n) is 0.565. The molecule has 0 saturated carbocycles. The molecule has 0 aromatic carbocycles. The van der Waals surface area contributed by atoms with E-state index >= 15 is 0 Å². The Hall–Kier alpha value is -0.253. The Labute approximate surface area is 69.2 Å². The zero-order valence-corrected chi connectivity index (χ0v) is 6.18. The van der Waals surface area contributed by atoms with Crippen LogP contribution in [0.25, 0.3) is 0 Å². The molecule has 0 fully saturated rings. The first-order valence-electron chi connectivity index (χ1n) is 2.69. The van der Waals surface area contributed by atoms with Gasteiger partial charge in [-0.25, -0.2) is 0 Å². The van der Waals surface area contributed by atoms with Crippen LogP contribution in [-0.2, 0) is 0 Å². The van der Waals surface area contributed by atoms with Crippen molar-refractivity contribution in [2.24, 2.45) is 0 Å². The van der Waals surface area contributed by atoms with Gasteiger partial charge in [0.15, 0.2) is 0 Å². The third kappa shape index (κ3) is 2.22. The molecule has 0 saturated heterocycles. The molecule has 1 nitrogen and oxygen atoms in total. The van der Waals surface area contributed by atoms with Crippen molar-refractivity contribution in [3.05, 3.63) is 29.6 Å². The van der Waals surface area contributed by atoms with Crippen molar-refractivity contribution >= 4 is 0 Å². The van der Waals surface area contributed by atoms with Crippen molar-refractivity contribution in [2.75, 3.05) is 0 Å². The van der Waals surface area contributed by atoms with Gasteiger partial charge in [-0.2, -0.15) is 0 Å². The number of hydrogen-bond acceptors (Lipinski definition) is 1. The van der Waals surface area contributed by atoms with Crippen molar-refractivity contribution in [1.29, 1.82) is 0 Å². The molecule has 1 aromatic heterocycles. The summed E-state index contributed by atoms with van der Waals surface area (Å²) in [6.07, 6.45) is 1.81. The van der Waals surface area contributed by atoms with Crippen molar-refractivity contribution < 1.29 is 20.3 Å². The van der Waals surface area contributed by atoms with E-state index in [1.807, 2.05) is 19.2 Å². The van der Waals surface area contributed by atoms with Gasteiger partial charge in [0.1, 0.15) is 0 Å². The fourth-order valence-corrected chi connectivity index (χ4v) is 0.565. The largest absolute Gasteiger partial charge is 1.00 e. The molecule has 0 aliphatic heterocycles. The monoisotopic (exact) mass is 115 g/mol. The predicted octanol–water partition coefficient (Wildman–Crippen LogP) is -1.19. The van der Waals surface area contributed by atoms with Gasteiger partial charge in [-0.1, -0.05) is 6.07 Å². The van der Waals surface area contributed by atoms with E-state index in [-0.39, 0.29) is 20.3 Å². The molecule has 0 amide bonds. The molecule has 0 N–H and O–H groups in total. The summed E-state index contributed by atoms with van der Waals surface area (Å²) in [6.45, 7) is 4.07. The van der Waals surface area contributed by atoms with E-state index in [2.05, 4.69) is 18.0 Å². The van der Waals surface area contributed by atoms with E-state index in [0.717, 1.165) is 5.69 Å². The summed E-state index contributed by atoms with van der Waals surface area (Å²) in [5, 5.41) is 0. The molecule has 0 aliphatic carbocycles. The molecule has 0 atom stereocenters. The Morgan fingerprint density at radius 3 is 2.44 bits per heavy atom. The van der Waals surface area contributed by atoms with Crippen LogP contribution in [0.4, 0.5) is 0 Å². The second-order valence-corrected chi connectivity index (χ2v) is 1.91. The number of pyridine rings is 1. The van der Waals surface area contributed by atoms with Crippen LogP contribution < -0.4 is 18.9 Å². The molecule has 9 heavy (non-hydrogen) atoms. The van der Waals surface area contributed by atoms with Gasteiger partial charge in [0.25, 0.3) is 0 Å². The maximum absolute atomic E-state index is 4.08. The van der Waals surface area contributed by atoms with Crippen molar-refractivity contribution in [3.8, 4) is 0 Å². The Morgan fingerprint density at radius 1 is 1.44 bits per heavy atom. The molecule has 44 valence electrons. The van der Waals surface area contributed by atoms with Gasteiger partial charge in [-0.3, -0.25) is 4.98 Å². The molecule has 0 aliphatic rings. The molecule has 0 unspecified atom stereocenters. The third-order valence-corrected chi connectivity index (χ3v) is 1.27. The summed E-state index contributed by atoms with van der Waals surface area (Å²) >= 11 is 0. The zero-order chi connectivity index (χ0) is 5.98. The maximum Gasteiger partial charge on any atom is 1.00 e. The molecule has 1 heterocycles. The van der Waals surface area contributed by atoms with Crippen LogP contribution in [0, 0.1) is 13.8 Å². The SMILES string of the molecule is Cc1cccnc1C.[H-].[Li+]. The number of aryl methyl sites for hydroxylation is 2. The third-order valence-electron chi connectivity index (χ3n) is 1.27. The average Bonchev–Trinajstić information content (AvgIpc) is 1.77. The summed E-state index contributed by atoms with van der Waals surface area (Å²) in [6, 6.07) is 4.00. The standard InChI is InChI=1S/C7H9N.Li.H/c1-6-4-3-5-8-7(6)2;;/h3-5H,1-2H3;;/q;+1;-1. The van der Waals surface area contributed by atoms with Crippen LogP contribution in [0.2, 0.25) is 0 Å². The van der Waals surface area contributed by atoms with E-state index < -0.39 is 0 Å². The first-order chi connectivity index (χ1) is 3.80. The second kappa shape index (κ2) is 3.71. The fraction of sp³-hybridized carbons (Fsp3) is 0.286. The van der Waals surface area contributed by atoms with Crippen molar-refractivity contribution in [3.63, 3.8) is 0 Å². The minimum absolute atomic E-state index is 0. The van der Waals surface area contributed by atoms with Gasteiger partial charge in [-0.15, -0.1) is 0 Å². The summed E-state index contributed by atoms with van der Waals surface area (Å²) in [4.78, 5) is 4.08. The van der Waals surface area contributed by atoms with Gasteiger partial charge in [-0.05, 0) is 25.5 Å². The molecule has 0 bridgehead atoms. The van der Waals surface area contributed by atoms with Gasteiger partial charge in [0, 0.05) is 11.9 Å². The number of nitrogens with zero attached hydrogens (tertiary/aromatic N) is 1. The van der Waals surface area contributed by atoms with Crippen LogP contribution in [0.15, 0.2) is 18.3 Å². The zero-order valence-electron chi connectivity index (χ0n) is 7.18. The maximum atomic E-state index is 4.08. The minimum atomic E-state index is 0. The van der Waals surface area contributed by atoms with E-state index in [4.69, 9.17) is 0 Å². The van der Waals surface area contributed by atoms with Gasteiger partial charge in [0.2, 0.25) is 0 Å². The molecule has 0 radical (unpaired) electrons. The summed E-state index contributed by atoms with van der Waals surface area (Å²) in [7, 11) is 0. The molecule has 1 rings (SSSR count). The molecular weight excluding hydrogens is 105 g/mol. The first-order valence-corrected chi connectivity index (χ1v) is 2.69. The average molecular weight is 115 g/mol.